The Morgan fingerprint density at radius 2 is 2.20 bits per heavy atom. The van der Waals surface area contributed by atoms with Crippen LogP contribution in [-0.4, -0.2) is 71.1 Å². The van der Waals surface area contributed by atoms with Gasteiger partial charge in [-0.05, 0) is 7.05 Å². The lowest BCUT2D eigenvalue weighted by Crippen LogP contribution is -2.47. The van der Waals surface area contributed by atoms with Crippen molar-refractivity contribution < 1.29 is 13.2 Å². The zero-order valence-corrected chi connectivity index (χ0v) is 10.2. The van der Waals surface area contributed by atoms with Crippen molar-refractivity contribution in [2.75, 3.05) is 47.4 Å². The summed E-state index contributed by atoms with van der Waals surface area (Å²) in [5.41, 5.74) is 0. The third-order valence-electron chi connectivity index (χ3n) is 2.32. The van der Waals surface area contributed by atoms with E-state index in [2.05, 4.69) is 9.62 Å². The predicted octanol–water partition coefficient (Wildman–Crippen LogP) is -1.29. The fourth-order valence-electron chi connectivity index (χ4n) is 1.32. The second-order valence-corrected chi connectivity index (χ2v) is 5.86. The van der Waals surface area contributed by atoms with Gasteiger partial charge in [-0.2, -0.15) is 17.4 Å². The Bertz CT molecular complexity index is 292. The molecule has 0 aliphatic carbocycles. The van der Waals surface area contributed by atoms with Crippen LogP contribution in [0.1, 0.15) is 0 Å². The molecule has 15 heavy (non-hydrogen) atoms. The van der Waals surface area contributed by atoms with Crippen LogP contribution >= 0.6 is 0 Å². The molecule has 1 rings (SSSR count). The second-order valence-electron chi connectivity index (χ2n) is 3.89. The van der Waals surface area contributed by atoms with Crippen molar-refractivity contribution in [2.45, 2.75) is 6.10 Å². The van der Waals surface area contributed by atoms with E-state index in [1.165, 1.54) is 14.1 Å². The summed E-state index contributed by atoms with van der Waals surface area (Å²) in [7, 11) is 1.66. The van der Waals surface area contributed by atoms with Crippen LogP contribution in [0.4, 0.5) is 0 Å². The van der Waals surface area contributed by atoms with E-state index in [1.54, 1.807) is 0 Å². The number of hydrogen-bond acceptors (Lipinski definition) is 4. The van der Waals surface area contributed by atoms with E-state index in [0.29, 0.717) is 13.2 Å². The number of rotatable bonds is 4. The number of hydrogen-bond donors (Lipinski definition) is 1. The SMILES string of the molecule is CN1CCOC(CNS(=O)(=O)N(C)C)C1. The van der Waals surface area contributed by atoms with Gasteiger partial charge in [-0.1, -0.05) is 0 Å². The van der Waals surface area contributed by atoms with Crippen LogP contribution in [-0.2, 0) is 14.9 Å². The van der Waals surface area contributed by atoms with Crippen LogP contribution in [0.5, 0.6) is 0 Å². The number of ether oxygens (including phenoxy) is 1. The Labute approximate surface area is 91.4 Å². The van der Waals surface area contributed by atoms with E-state index >= 15 is 0 Å². The summed E-state index contributed by atoms with van der Waals surface area (Å²) in [6.07, 6.45) is -0.0570. The average Bonchev–Trinajstić information content (AvgIpc) is 2.15. The van der Waals surface area contributed by atoms with Gasteiger partial charge >= 0.3 is 0 Å². The zero-order valence-electron chi connectivity index (χ0n) is 9.43. The summed E-state index contributed by atoms with van der Waals surface area (Å²) in [5, 5.41) is 0. The molecule has 1 atom stereocenters. The largest absolute Gasteiger partial charge is 0.374 e. The van der Waals surface area contributed by atoms with Crippen molar-refractivity contribution in [2.24, 2.45) is 0 Å². The van der Waals surface area contributed by atoms with E-state index in [1.807, 2.05) is 7.05 Å². The van der Waals surface area contributed by atoms with Gasteiger partial charge < -0.3 is 9.64 Å². The minimum absolute atomic E-state index is 0.0570. The highest BCUT2D eigenvalue weighted by Gasteiger charge is 2.20. The third-order valence-corrected chi connectivity index (χ3v) is 3.81. The van der Waals surface area contributed by atoms with Crippen molar-refractivity contribution >= 4 is 10.2 Å². The molecule has 0 amide bonds. The van der Waals surface area contributed by atoms with Crippen LogP contribution in [0.2, 0.25) is 0 Å². The van der Waals surface area contributed by atoms with Gasteiger partial charge in [0.25, 0.3) is 10.2 Å². The summed E-state index contributed by atoms with van der Waals surface area (Å²) in [6.45, 7) is 2.64. The van der Waals surface area contributed by atoms with Crippen LogP contribution in [0.3, 0.4) is 0 Å². The molecule has 0 saturated carbocycles. The van der Waals surface area contributed by atoms with E-state index < -0.39 is 10.2 Å². The second kappa shape index (κ2) is 5.22. The van der Waals surface area contributed by atoms with Crippen molar-refractivity contribution in [1.82, 2.24) is 13.9 Å². The Kier molecular flexibility index (Phi) is 4.47. The number of likely N-dealkylation sites (N-methyl/N-ethyl adjacent to an activating group) is 1. The van der Waals surface area contributed by atoms with Gasteiger partial charge in [-0.25, -0.2) is 0 Å². The molecule has 1 aliphatic rings. The Balaban J connectivity index is 2.37. The molecule has 0 spiro atoms. The maximum atomic E-state index is 11.4. The molecule has 1 unspecified atom stereocenters. The van der Waals surface area contributed by atoms with E-state index in [4.69, 9.17) is 4.74 Å². The van der Waals surface area contributed by atoms with Crippen molar-refractivity contribution in [3.8, 4) is 0 Å². The first-order valence-electron chi connectivity index (χ1n) is 4.89. The standard InChI is InChI=1S/C8H19N3O3S/c1-10(2)15(12,13)9-6-8-7-11(3)4-5-14-8/h8-9H,4-7H2,1-3H3. The van der Waals surface area contributed by atoms with Gasteiger partial charge in [0.15, 0.2) is 0 Å². The highest BCUT2D eigenvalue weighted by Crippen LogP contribution is 2.02. The first-order chi connectivity index (χ1) is 6.92. The molecule has 1 heterocycles. The lowest BCUT2D eigenvalue weighted by molar-refractivity contribution is -0.0157. The molecule has 6 nitrogen and oxygen atoms in total. The summed E-state index contributed by atoms with van der Waals surface area (Å²) in [4.78, 5) is 2.12. The minimum atomic E-state index is -3.33. The summed E-state index contributed by atoms with van der Waals surface area (Å²) in [5.74, 6) is 0. The Hall–Kier alpha value is -0.210. The quantitative estimate of drug-likeness (QED) is 0.661. The van der Waals surface area contributed by atoms with Gasteiger partial charge in [-0.3, -0.25) is 0 Å². The summed E-state index contributed by atoms with van der Waals surface area (Å²) < 4.78 is 31.9. The molecule has 0 bridgehead atoms. The molecule has 1 aliphatic heterocycles. The van der Waals surface area contributed by atoms with Gasteiger partial charge in [0.05, 0.1) is 12.7 Å². The molecule has 0 aromatic carbocycles. The molecule has 0 radical (unpaired) electrons. The van der Waals surface area contributed by atoms with Crippen LogP contribution in [0, 0.1) is 0 Å². The maximum absolute atomic E-state index is 11.4. The van der Waals surface area contributed by atoms with Gasteiger partial charge in [0.1, 0.15) is 0 Å². The normalized spacial score (nSPS) is 24.7. The van der Waals surface area contributed by atoms with E-state index in [0.717, 1.165) is 17.4 Å². The van der Waals surface area contributed by atoms with Crippen LogP contribution in [0.15, 0.2) is 0 Å². The Morgan fingerprint density at radius 1 is 1.53 bits per heavy atom. The van der Waals surface area contributed by atoms with E-state index in [-0.39, 0.29) is 6.10 Å². The van der Waals surface area contributed by atoms with Crippen LogP contribution < -0.4 is 4.72 Å². The average molecular weight is 237 g/mol. The topological polar surface area (TPSA) is 61.9 Å². The highest BCUT2D eigenvalue weighted by molar-refractivity contribution is 7.87. The molecule has 7 heteroatoms. The molecular formula is C8H19N3O3S. The molecule has 0 aromatic heterocycles. The lowest BCUT2D eigenvalue weighted by atomic mass is 10.3. The third kappa shape index (κ3) is 4.04. The molecule has 1 saturated heterocycles. The Morgan fingerprint density at radius 3 is 2.73 bits per heavy atom. The van der Waals surface area contributed by atoms with Gasteiger partial charge in [-0.15, -0.1) is 0 Å². The van der Waals surface area contributed by atoms with E-state index in [9.17, 15) is 8.42 Å². The minimum Gasteiger partial charge on any atom is -0.374 e. The predicted molar refractivity (Wildman–Crippen MR) is 57.8 cm³/mol. The number of nitrogens with one attached hydrogen (secondary N) is 1. The number of nitrogens with zero attached hydrogens (tertiary/aromatic N) is 2. The summed E-state index contributed by atoms with van der Waals surface area (Å²) in [6, 6.07) is 0. The van der Waals surface area contributed by atoms with Crippen molar-refractivity contribution in [1.29, 1.82) is 0 Å². The zero-order chi connectivity index (χ0) is 11.5. The highest BCUT2D eigenvalue weighted by atomic mass is 32.2. The number of morpholine rings is 1. The maximum Gasteiger partial charge on any atom is 0.279 e. The molecule has 90 valence electrons. The van der Waals surface area contributed by atoms with Crippen molar-refractivity contribution in [3.63, 3.8) is 0 Å². The van der Waals surface area contributed by atoms with Crippen molar-refractivity contribution in [3.05, 3.63) is 0 Å². The fraction of sp³-hybridized carbons (Fsp3) is 1.00. The summed E-state index contributed by atoms with van der Waals surface area (Å²) >= 11 is 0. The first kappa shape index (κ1) is 12.9. The smallest absolute Gasteiger partial charge is 0.279 e. The molecule has 0 aromatic rings. The monoisotopic (exact) mass is 237 g/mol. The molecule has 1 N–H and O–H groups in total. The molecule has 1 fully saturated rings. The molecular weight excluding hydrogens is 218 g/mol. The van der Waals surface area contributed by atoms with Gasteiger partial charge in [0, 0.05) is 33.7 Å². The van der Waals surface area contributed by atoms with Gasteiger partial charge in [0.2, 0.25) is 0 Å². The fourth-order valence-corrected chi connectivity index (χ4v) is 1.97. The first-order valence-corrected chi connectivity index (χ1v) is 6.33. The lowest BCUT2D eigenvalue weighted by Gasteiger charge is -2.30. The van der Waals surface area contributed by atoms with Crippen LogP contribution in [0.25, 0.3) is 0 Å².